The fourth-order valence-electron chi connectivity index (χ4n) is 4.58. The normalized spacial score (nSPS) is 17.5. The van der Waals surface area contributed by atoms with E-state index in [1.54, 1.807) is 17.0 Å². The van der Waals surface area contributed by atoms with Gasteiger partial charge in [0, 0.05) is 60.4 Å². The summed E-state index contributed by atoms with van der Waals surface area (Å²) in [6, 6.07) is 6.04. The van der Waals surface area contributed by atoms with Crippen molar-refractivity contribution in [3.8, 4) is 0 Å². The first-order valence-electron chi connectivity index (χ1n) is 11.8. The number of aromatic nitrogens is 1. The Morgan fingerprint density at radius 3 is 2.42 bits per heavy atom. The topological polar surface area (TPSA) is 58.0 Å². The smallest absolute Gasteiger partial charge is 0.410 e. The Bertz CT molecular complexity index is 1050. The van der Waals surface area contributed by atoms with Gasteiger partial charge in [-0.3, -0.25) is 8.77 Å². The van der Waals surface area contributed by atoms with Gasteiger partial charge in [0.05, 0.1) is 12.1 Å². The van der Waals surface area contributed by atoms with E-state index in [1.165, 1.54) is 5.69 Å². The number of carbonyl (C=O) groups excluding carboxylic acids is 2. The Kier molecular flexibility index (Phi) is 6.69. The molecule has 1 aromatic heterocycles. The van der Waals surface area contributed by atoms with Crippen molar-refractivity contribution in [1.82, 2.24) is 18.1 Å². The number of hydrogen-bond donors (Lipinski definition) is 0. The molecule has 180 valence electrons. The van der Waals surface area contributed by atoms with E-state index in [0.29, 0.717) is 19.0 Å². The first-order chi connectivity index (χ1) is 15.5. The van der Waals surface area contributed by atoms with E-state index in [9.17, 15) is 9.59 Å². The highest BCUT2D eigenvalue weighted by molar-refractivity contribution is 7.95. The van der Waals surface area contributed by atoms with Crippen molar-refractivity contribution < 1.29 is 14.3 Å². The van der Waals surface area contributed by atoms with Crippen molar-refractivity contribution in [3.05, 3.63) is 35.0 Å². The van der Waals surface area contributed by atoms with Gasteiger partial charge >= 0.3 is 6.09 Å². The lowest BCUT2D eigenvalue weighted by molar-refractivity contribution is 0.0224. The van der Waals surface area contributed by atoms with Crippen LogP contribution in [0.25, 0.3) is 10.9 Å². The third kappa shape index (κ3) is 5.17. The molecule has 2 aromatic rings. The van der Waals surface area contributed by atoms with Crippen LogP contribution >= 0.6 is 12.1 Å². The molecule has 1 aromatic carbocycles. The van der Waals surface area contributed by atoms with Crippen molar-refractivity contribution in [2.75, 3.05) is 33.7 Å². The maximum Gasteiger partial charge on any atom is 0.410 e. The van der Waals surface area contributed by atoms with Gasteiger partial charge in [-0.25, -0.2) is 9.10 Å². The number of carbonyl (C=O) groups is 2. The molecule has 0 unspecified atom stereocenters. The van der Waals surface area contributed by atoms with Crippen molar-refractivity contribution in [3.63, 3.8) is 0 Å². The zero-order chi connectivity index (χ0) is 23.9. The number of hydrogen-bond acceptors (Lipinski definition) is 5. The van der Waals surface area contributed by atoms with Crippen LogP contribution < -0.4 is 0 Å². The van der Waals surface area contributed by atoms with Crippen LogP contribution in [0, 0.1) is 5.92 Å². The Labute approximate surface area is 201 Å². The van der Waals surface area contributed by atoms with Gasteiger partial charge in [0.15, 0.2) is 0 Å². The molecule has 0 N–H and O–H groups in total. The average Bonchev–Trinajstić information content (AvgIpc) is 3.04. The van der Waals surface area contributed by atoms with E-state index in [1.807, 2.05) is 51.9 Å². The largest absolute Gasteiger partial charge is 0.444 e. The predicted molar refractivity (Wildman–Crippen MR) is 133 cm³/mol. The lowest BCUT2D eigenvalue weighted by Crippen LogP contribution is -2.40. The summed E-state index contributed by atoms with van der Waals surface area (Å²) in [5, 5.41) is 1.05. The number of piperidine rings is 1. The van der Waals surface area contributed by atoms with Gasteiger partial charge in [-0.1, -0.05) is 6.92 Å². The van der Waals surface area contributed by atoms with Crippen molar-refractivity contribution >= 4 is 35.0 Å². The number of rotatable bonds is 3. The van der Waals surface area contributed by atoms with Crippen molar-refractivity contribution in [1.29, 1.82) is 0 Å². The minimum atomic E-state index is -0.530. The van der Waals surface area contributed by atoms with Crippen LogP contribution in [0.1, 0.15) is 62.2 Å². The van der Waals surface area contributed by atoms with Crippen molar-refractivity contribution in [2.24, 2.45) is 5.92 Å². The minimum absolute atomic E-state index is 0.102. The van der Waals surface area contributed by atoms with Crippen LogP contribution in [0.2, 0.25) is 0 Å². The molecule has 0 spiro atoms. The monoisotopic (exact) mass is 472 g/mol. The molecule has 2 aliphatic heterocycles. The molecule has 1 saturated heterocycles. The number of ether oxygens (including phenoxy) is 1. The molecule has 2 amide bonds. The summed E-state index contributed by atoms with van der Waals surface area (Å²) < 4.78 is 9.94. The summed E-state index contributed by atoms with van der Waals surface area (Å²) in [6.07, 6.45) is 2.58. The maximum absolute atomic E-state index is 13.3. The molecule has 0 bridgehead atoms. The van der Waals surface area contributed by atoms with Gasteiger partial charge < -0.3 is 14.5 Å². The molecule has 0 radical (unpaired) electrons. The van der Waals surface area contributed by atoms with Crippen LogP contribution in [0.4, 0.5) is 4.79 Å². The average molecular weight is 473 g/mol. The molecule has 33 heavy (non-hydrogen) atoms. The number of likely N-dealkylation sites (tertiary alicyclic amines) is 1. The molecule has 3 heterocycles. The first-order valence-corrected chi connectivity index (χ1v) is 12.6. The highest BCUT2D eigenvalue weighted by Gasteiger charge is 2.31. The first kappa shape index (κ1) is 24.0. The van der Waals surface area contributed by atoms with Crippen LogP contribution in [0.3, 0.4) is 0 Å². The SMILES string of the molecule is CC1CCN(C(=O)c2ccc3c(c2)c2c(n3SN(C)C)CCN(C(=O)OC(C)(C)C)C2)CC1. The number of benzene rings is 1. The van der Waals surface area contributed by atoms with E-state index in [-0.39, 0.29) is 12.0 Å². The molecule has 4 rings (SSSR count). The molecule has 0 saturated carbocycles. The van der Waals surface area contributed by atoms with Crippen LogP contribution in [0.5, 0.6) is 0 Å². The molecule has 0 atom stereocenters. The standard InChI is InChI=1S/C25H36N4O3S/c1-17-9-12-27(13-10-17)23(30)18-7-8-21-19(15-18)20-16-28(24(31)32-25(2,3)4)14-11-22(20)29(21)33-26(5)6/h7-8,15,17H,9-14,16H2,1-6H3. The lowest BCUT2D eigenvalue weighted by atomic mass is 9.98. The number of fused-ring (bicyclic) bond motifs is 3. The summed E-state index contributed by atoms with van der Waals surface area (Å²) in [7, 11) is 4.04. The zero-order valence-corrected chi connectivity index (χ0v) is 21.5. The highest BCUT2D eigenvalue weighted by atomic mass is 32.2. The Balaban J connectivity index is 1.69. The van der Waals surface area contributed by atoms with Gasteiger partial charge in [-0.2, -0.15) is 0 Å². The summed E-state index contributed by atoms with van der Waals surface area (Å²) in [6.45, 7) is 10.7. The Morgan fingerprint density at radius 2 is 1.79 bits per heavy atom. The Morgan fingerprint density at radius 1 is 1.09 bits per heavy atom. The summed E-state index contributed by atoms with van der Waals surface area (Å²) in [4.78, 5) is 29.8. The predicted octanol–water partition coefficient (Wildman–Crippen LogP) is 4.78. The lowest BCUT2D eigenvalue weighted by Gasteiger charge is -2.31. The van der Waals surface area contributed by atoms with E-state index in [2.05, 4.69) is 21.3 Å². The third-order valence-electron chi connectivity index (χ3n) is 6.32. The maximum atomic E-state index is 13.3. The molecular weight excluding hydrogens is 436 g/mol. The summed E-state index contributed by atoms with van der Waals surface area (Å²) in [5.41, 5.74) is 3.59. The molecule has 2 aliphatic rings. The molecular formula is C25H36N4O3S. The third-order valence-corrected chi connectivity index (χ3v) is 7.22. The number of nitrogens with zero attached hydrogens (tertiary/aromatic N) is 4. The zero-order valence-electron chi connectivity index (χ0n) is 20.7. The fourth-order valence-corrected chi connectivity index (χ4v) is 5.46. The second-order valence-corrected chi connectivity index (χ2v) is 11.7. The van der Waals surface area contributed by atoms with Crippen LogP contribution in [-0.2, 0) is 17.7 Å². The summed E-state index contributed by atoms with van der Waals surface area (Å²) >= 11 is 1.63. The van der Waals surface area contributed by atoms with E-state index >= 15 is 0 Å². The second kappa shape index (κ2) is 9.22. The number of amides is 2. The second-order valence-electron chi connectivity index (χ2n) is 10.5. The van der Waals surface area contributed by atoms with E-state index in [4.69, 9.17) is 4.74 Å². The molecule has 1 fully saturated rings. The van der Waals surface area contributed by atoms with E-state index in [0.717, 1.165) is 54.4 Å². The van der Waals surface area contributed by atoms with Crippen molar-refractivity contribution in [2.45, 2.75) is 59.1 Å². The fraction of sp³-hybridized carbons (Fsp3) is 0.600. The van der Waals surface area contributed by atoms with Crippen LogP contribution in [0.15, 0.2) is 18.2 Å². The molecule has 0 aliphatic carbocycles. The van der Waals surface area contributed by atoms with E-state index < -0.39 is 5.60 Å². The van der Waals surface area contributed by atoms with Gasteiger partial charge in [0.25, 0.3) is 5.91 Å². The summed E-state index contributed by atoms with van der Waals surface area (Å²) in [5.74, 6) is 0.782. The minimum Gasteiger partial charge on any atom is -0.444 e. The van der Waals surface area contributed by atoms with Gasteiger partial charge in [0.2, 0.25) is 0 Å². The molecule has 8 heteroatoms. The van der Waals surface area contributed by atoms with Gasteiger partial charge in [-0.15, -0.1) is 0 Å². The van der Waals surface area contributed by atoms with Crippen LogP contribution in [-0.4, -0.2) is 69.4 Å². The van der Waals surface area contributed by atoms with Gasteiger partial charge in [-0.05, 0) is 71.8 Å². The highest BCUT2D eigenvalue weighted by Crippen LogP contribution is 2.36. The van der Waals surface area contributed by atoms with Gasteiger partial charge in [0.1, 0.15) is 5.60 Å². The quantitative estimate of drug-likeness (QED) is 0.602. The molecule has 7 nitrogen and oxygen atoms in total. The Hall–Kier alpha value is -2.19.